The Morgan fingerprint density at radius 2 is 1.06 bits per heavy atom. The highest BCUT2D eigenvalue weighted by Gasteiger charge is 2.13. The Labute approximate surface area is 211 Å². The van der Waals surface area contributed by atoms with Crippen LogP contribution in [0.25, 0.3) is 0 Å². The van der Waals surface area contributed by atoms with Gasteiger partial charge in [0.15, 0.2) is 0 Å². The summed E-state index contributed by atoms with van der Waals surface area (Å²) in [6, 6.07) is 19.8. The van der Waals surface area contributed by atoms with Crippen LogP contribution in [0.2, 0.25) is 0 Å². The highest BCUT2D eigenvalue weighted by molar-refractivity contribution is 5.62. The molecule has 0 aromatic heterocycles. The second-order valence-electron chi connectivity index (χ2n) is 10.4. The van der Waals surface area contributed by atoms with Crippen LogP contribution in [0, 0.1) is 5.92 Å². The predicted molar refractivity (Wildman–Crippen MR) is 153 cm³/mol. The minimum atomic E-state index is 0.578. The second-order valence-corrected chi connectivity index (χ2v) is 10.4. The van der Waals surface area contributed by atoms with Crippen molar-refractivity contribution in [3.63, 3.8) is 0 Å². The maximum absolute atomic E-state index is 3.89. The molecule has 2 aromatic rings. The van der Waals surface area contributed by atoms with Crippen LogP contribution in [0.4, 0.5) is 17.1 Å². The van der Waals surface area contributed by atoms with Crippen molar-refractivity contribution in [2.75, 3.05) is 10.6 Å². The number of para-hydroxylation sites is 1. The van der Waals surface area contributed by atoms with Crippen LogP contribution >= 0.6 is 0 Å². The zero-order chi connectivity index (χ0) is 24.3. The summed E-state index contributed by atoms with van der Waals surface area (Å²) in [6.07, 6.45) is 20.6. The SMILES string of the molecule is CCCCCCCCC(C)CC(CCCCCCCC)Nc1ccc(Nc2ccccc2)cc1. The van der Waals surface area contributed by atoms with E-state index in [-0.39, 0.29) is 0 Å². The van der Waals surface area contributed by atoms with E-state index in [1.165, 1.54) is 102 Å². The van der Waals surface area contributed by atoms with E-state index in [0.717, 1.165) is 17.3 Å². The van der Waals surface area contributed by atoms with E-state index < -0.39 is 0 Å². The Kier molecular flexibility index (Phi) is 15.3. The van der Waals surface area contributed by atoms with Crippen LogP contribution in [0.15, 0.2) is 54.6 Å². The standard InChI is InChI=1S/C32H52N2/c1-4-6-8-10-12-15-19-28(3)27-32(22-16-13-11-9-7-5-2)34-31-25-23-30(24-26-31)33-29-20-17-14-18-21-29/h14,17-18,20-21,23-26,28,32-34H,4-13,15-16,19,22,27H2,1-3H3. The number of benzene rings is 2. The fraction of sp³-hybridized carbons (Fsp3) is 0.625. The van der Waals surface area contributed by atoms with Gasteiger partial charge in [-0.25, -0.2) is 0 Å². The molecule has 2 heteroatoms. The van der Waals surface area contributed by atoms with Gasteiger partial charge in [-0.2, -0.15) is 0 Å². The number of rotatable bonds is 20. The largest absolute Gasteiger partial charge is 0.382 e. The zero-order valence-electron chi connectivity index (χ0n) is 22.5. The lowest BCUT2D eigenvalue weighted by molar-refractivity contribution is 0.409. The summed E-state index contributed by atoms with van der Waals surface area (Å²) in [5.74, 6) is 0.794. The first-order valence-electron chi connectivity index (χ1n) is 14.4. The minimum absolute atomic E-state index is 0.578. The highest BCUT2D eigenvalue weighted by Crippen LogP contribution is 2.24. The fourth-order valence-corrected chi connectivity index (χ4v) is 4.87. The van der Waals surface area contributed by atoms with Crippen molar-refractivity contribution in [2.45, 2.75) is 123 Å². The van der Waals surface area contributed by atoms with Crippen molar-refractivity contribution >= 4 is 17.1 Å². The van der Waals surface area contributed by atoms with Gasteiger partial charge in [-0.15, -0.1) is 0 Å². The van der Waals surface area contributed by atoms with Gasteiger partial charge in [-0.05, 0) is 55.2 Å². The van der Waals surface area contributed by atoms with Crippen molar-refractivity contribution in [1.82, 2.24) is 0 Å². The summed E-state index contributed by atoms with van der Waals surface area (Å²) < 4.78 is 0. The van der Waals surface area contributed by atoms with Gasteiger partial charge in [0.05, 0.1) is 0 Å². The molecule has 190 valence electrons. The van der Waals surface area contributed by atoms with Gasteiger partial charge in [-0.3, -0.25) is 0 Å². The van der Waals surface area contributed by atoms with Crippen LogP contribution in [0.3, 0.4) is 0 Å². The average Bonchev–Trinajstić information content (AvgIpc) is 2.85. The molecule has 0 saturated carbocycles. The summed E-state index contributed by atoms with van der Waals surface area (Å²) in [7, 11) is 0. The second kappa shape index (κ2) is 18.4. The van der Waals surface area contributed by atoms with Gasteiger partial charge in [0.2, 0.25) is 0 Å². The molecule has 34 heavy (non-hydrogen) atoms. The monoisotopic (exact) mass is 464 g/mol. The number of hydrogen-bond acceptors (Lipinski definition) is 2. The number of nitrogens with one attached hydrogen (secondary N) is 2. The molecule has 2 atom stereocenters. The maximum atomic E-state index is 3.89. The lowest BCUT2D eigenvalue weighted by atomic mass is 9.92. The van der Waals surface area contributed by atoms with Gasteiger partial charge >= 0.3 is 0 Å². The van der Waals surface area contributed by atoms with E-state index in [2.05, 4.69) is 86.0 Å². The van der Waals surface area contributed by atoms with Crippen molar-refractivity contribution < 1.29 is 0 Å². The lowest BCUT2D eigenvalue weighted by Crippen LogP contribution is -2.22. The first-order chi connectivity index (χ1) is 16.7. The third-order valence-corrected chi connectivity index (χ3v) is 6.96. The molecular formula is C32H52N2. The fourth-order valence-electron chi connectivity index (χ4n) is 4.87. The first kappa shape index (κ1) is 28.3. The average molecular weight is 465 g/mol. The Morgan fingerprint density at radius 3 is 1.68 bits per heavy atom. The van der Waals surface area contributed by atoms with Gasteiger partial charge in [0.1, 0.15) is 0 Å². The molecular weight excluding hydrogens is 412 g/mol. The van der Waals surface area contributed by atoms with Crippen molar-refractivity contribution in [2.24, 2.45) is 5.92 Å². The Balaban J connectivity index is 1.82. The summed E-state index contributed by atoms with van der Waals surface area (Å²) >= 11 is 0. The highest BCUT2D eigenvalue weighted by atomic mass is 14.9. The molecule has 2 rings (SSSR count). The van der Waals surface area contributed by atoms with E-state index in [0.29, 0.717) is 6.04 Å². The first-order valence-corrected chi connectivity index (χ1v) is 14.4. The van der Waals surface area contributed by atoms with E-state index in [9.17, 15) is 0 Å². The van der Waals surface area contributed by atoms with Crippen LogP contribution in [0.5, 0.6) is 0 Å². The lowest BCUT2D eigenvalue weighted by Gasteiger charge is -2.24. The van der Waals surface area contributed by atoms with Gasteiger partial charge in [-0.1, -0.05) is 122 Å². The Hall–Kier alpha value is -1.96. The molecule has 0 radical (unpaired) electrons. The molecule has 0 aliphatic carbocycles. The Bertz CT molecular complexity index is 710. The summed E-state index contributed by atoms with van der Waals surface area (Å²) in [6.45, 7) is 7.06. The van der Waals surface area contributed by atoms with Gasteiger partial charge < -0.3 is 10.6 Å². The molecule has 0 amide bonds. The molecule has 0 spiro atoms. The molecule has 2 aromatic carbocycles. The summed E-state index contributed by atoms with van der Waals surface area (Å²) in [5.41, 5.74) is 3.52. The van der Waals surface area contributed by atoms with Crippen LogP contribution in [-0.4, -0.2) is 6.04 Å². The van der Waals surface area contributed by atoms with Crippen LogP contribution in [0.1, 0.15) is 117 Å². The number of unbranched alkanes of at least 4 members (excludes halogenated alkanes) is 10. The van der Waals surface area contributed by atoms with Gasteiger partial charge in [0.25, 0.3) is 0 Å². The van der Waals surface area contributed by atoms with Crippen molar-refractivity contribution in [1.29, 1.82) is 0 Å². The quantitative estimate of drug-likeness (QED) is 0.190. The third kappa shape index (κ3) is 13.1. The Morgan fingerprint density at radius 1 is 0.559 bits per heavy atom. The molecule has 0 saturated heterocycles. The van der Waals surface area contributed by atoms with Crippen LogP contribution in [-0.2, 0) is 0 Å². The molecule has 0 bridgehead atoms. The summed E-state index contributed by atoms with van der Waals surface area (Å²) in [4.78, 5) is 0. The number of hydrogen-bond donors (Lipinski definition) is 2. The third-order valence-electron chi connectivity index (χ3n) is 6.96. The molecule has 0 fully saturated rings. The van der Waals surface area contributed by atoms with Crippen molar-refractivity contribution in [3.05, 3.63) is 54.6 Å². The minimum Gasteiger partial charge on any atom is -0.382 e. The van der Waals surface area contributed by atoms with E-state index >= 15 is 0 Å². The van der Waals surface area contributed by atoms with E-state index in [1.54, 1.807) is 0 Å². The van der Waals surface area contributed by atoms with Crippen molar-refractivity contribution in [3.8, 4) is 0 Å². The zero-order valence-corrected chi connectivity index (χ0v) is 22.5. The van der Waals surface area contributed by atoms with E-state index in [1.807, 2.05) is 0 Å². The molecule has 0 heterocycles. The van der Waals surface area contributed by atoms with Gasteiger partial charge in [0, 0.05) is 23.1 Å². The number of anilines is 3. The molecule has 0 aliphatic heterocycles. The molecule has 2 N–H and O–H groups in total. The molecule has 2 nitrogen and oxygen atoms in total. The normalized spacial score (nSPS) is 12.9. The molecule has 2 unspecified atom stereocenters. The van der Waals surface area contributed by atoms with Crippen LogP contribution < -0.4 is 10.6 Å². The van der Waals surface area contributed by atoms with E-state index in [4.69, 9.17) is 0 Å². The maximum Gasteiger partial charge on any atom is 0.0385 e. The topological polar surface area (TPSA) is 24.1 Å². The smallest absolute Gasteiger partial charge is 0.0385 e. The molecule has 0 aliphatic rings. The predicted octanol–water partition coefficient (Wildman–Crippen LogP) is 10.7. The summed E-state index contributed by atoms with van der Waals surface area (Å²) in [5, 5.41) is 7.38.